The van der Waals surface area contributed by atoms with Crippen molar-refractivity contribution in [2.24, 2.45) is 0 Å². The summed E-state index contributed by atoms with van der Waals surface area (Å²) in [6, 6.07) is 0. The zero-order chi connectivity index (χ0) is 9.94. The van der Waals surface area contributed by atoms with Crippen LogP contribution in [0.5, 0.6) is 0 Å². The van der Waals surface area contributed by atoms with Crippen LogP contribution < -0.4 is 0 Å². The molecule has 0 aromatic heterocycles. The molecule has 0 bridgehead atoms. The quantitative estimate of drug-likeness (QED) is 0.502. The van der Waals surface area contributed by atoms with Crippen LogP contribution in [0.25, 0.3) is 0 Å². The maximum atomic E-state index is 10.2. The minimum atomic E-state index is -0.669. The molecule has 78 valence electrons. The van der Waals surface area contributed by atoms with Crippen LogP contribution in [0, 0.1) is 0 Å². The fraction of sp³-hybridized carbons (Fsp3) is 0.900. The Hall–Kier alpha value is 0.0284. The van der Waals surface area contributed by atoms with Crippen molar-refractivity contribution in [3.63, 3.8) is 0 Å². The molecule has 1 N–H and O–H groups in total. The van der Waals surface area contributed by atoms with Crippen LogP contribution in [0.1, 0.15) is 51.9 Å². The van der Waals surface area contributed by atoms with Crippen molar-refractivity contribution in [2.45, 2.75) is 57.1 Å². The van der Waals surface area contributed by atoms with Gasteiger partial charge in [-0.2, -0.15) is 0 Å². The van der Waals surface area contributed by atoms with Crippen LogP contribution in [0.4, 0.5) is 4.79 Å². The van der Waals surface area contributed by atoms with Crippen LogP contribution in [0.2, 0.25) is 5.21 Å². The molecule has 13 heavy (non-hydrogen) atoms. The van der Waals surface area contributed by atoms with E-state index in [1.807, 2.05) is 0 Å². The molecule has 0 amide bonds. The monoisotopic (exact) mass is 248 g/mol. The number of hydrogen-bond donors (Lipinski definition) is 1. The SMILES string of the molecule is CCCCCCCCC[AsH]C(=O)O. The molecule has 0 heterocycles. The van der Waals surface area contributed by atoms with Crippen LogP contribution in [-0.2, 0) is 0 Å². The molecule has 0 aromatic carbocycles. The standard InChI is InChI=1S/C10H21AsO2/c1-2-3-4-5-6-7-8-9-11-10(12)13/h11H,2-9H2,1H3,(H,12,13). The molecule has 0 saturated heterocycles. The summed E-state index contributed by atoms with van der Waals surface area (Å²) in [7, 11) is 0. The van der Waals surface area contributed by atoms with Gasteiger partial charge >= 0.3 is 87.5 Å². The van der Waals surface area contributed by atoms with E-state index in [2.05, 4.69) is 6.92 Å². The number of unbranched alkanes of at least 4 members (excludes halogenated alkanes) is 6. The second-order valence-corrected chi connectivity index (χ2v) is 6.04. The van der Waals surface area contributed by atoms with E-state index in [0.717, 1.165) is 11.6 Å². The predicted octanol–water partition coefficient (Wildman–Crippen LogP) is 3.27. The Bertz CT molecular complexity index is 126. The number of hydrogen-bond acceptors (Lipinski definition) is 1. The molecule has 0 aromatic rings. The van der Waals surface area contributed by atoms with E-state index in [4.69, 9.17) is 5.11 Å². The molecule has 0 radical (unpaired) electrons. The molecule has 0 aliphatic rings. The predicted molar refractivity (Wildman–Crippen MR) is 58.0 cm³/mol. The first-order chi connectivity index (χ1) is 6.27. The fourth-order valence-corrected chi connectivity index (χ4v) is 2.62. The minimum absolute atomic E-state index is 0.536. The van der Waals surface area contributed by atoms with Crippen molar-refractivity contribution in [3.8, 4) is 0 Å². The molecule has 0 saturated carbocycles. The van der Waals surface area contributed by atoms with Gasteiger partial charge in [-0.05, 0) is 0 Å². The molecule has 0 rings (SSSR count). The average Bonchev–Trinajstić information content (AvgIpc) is 2.09. The zero-order valence-corrected chi connectivity index (χ0v) is 10.6. The van der Waals surface area contributed by atoms with E-state index >= 15 is 0 Å². The Kier molecular flexibility index (Phi) is 10.1. The Morgan fingerprint density at radius 1 is 1.08 bits per heavy atom. The zero-order valence-electron chi connectivity index (χ0n) is 8.51. The van der Waals surface area contributed by atoms with Gasteiger partial charge in [-0.1, -0.05) is 0 Å². The summed E-state index contributed by atoms with van der Waals surface area (Å²) in [6.45, 7) is 2.22. The van der Waals surface area contributed by atoms with Crippen LogP contribution in [0.3, 0.4) is 0 Å². The second-order valence-electron chi connectivity index (χ2n) is 3.35. The van der Waals surface area contributed by atoms with E-state index in [-0.39, 0.29) is 0 Å². The molecule has 1 unspecified atom stereocenters. The van der Waals surface area contributed by atoms with Gasteiger partial charge in [-0.15, -0.1) is 0 Å². The van der Waals surface area contributed by atoms with Crippen molar-refractivity contribution in [2.75, 3.05) is 0 Å². The second kappa shape index (κ2) is 10.1. The first-order valence-corrected chi connectivity index (χ1v) is 7.77. The van der Waals surface area contributed by atoms with Crippen LogP contribution in [-0.4, -0.2) is 25.6 Å². The summed E-state index contributed by atoms with van der Waals surface area (Å²) in [5, 5.41) is 9.42. The Balaban J connectivity index is 2.87. The average molecular weight is 248 g/mol. The van der Waals surface area contributed by atoms with Crippen molar-refractivity contribution in [1.82, 2.24) is 0 Å². The number of carbonyl (C=O) groups is 1. The summed E-state index contributed by atoms with van der Waals surface area (Å²) in [6.07, 6.45) is 9.01. The van der Waals surface area contributed by atoms with Gasteiger partial charge in [0.05, 0.1) is 0 Å². The molecular weight excluding hydrogens is 227 g/mol. The van der Waals surface area contributed by atoms with Gasteiger partial charge < -0.3 is 0 Å². The topological polar surface area (TPSA) is 37.3 Å². The third kappa shape index (κ3) is 12.0. The number of rotatable bonds is 9. The summed E-state index contributed by atoms with van der Waals surface area (Å²) < 4.78 is -0.536. The van der Waals surface area contributed by atoms with E-state index < -0.39 is 20.5 Å². The van der Waals surface area contributed by atoms with E-state index in [1.165, 1.54) is 38.5 Å². The van der Waals surface area contributed by atoms with Gasteiger partial charge in [0.1, 0.15) is 0 Å². The molecule has 3 heteroatoms. The van der Waals surface area contributed by atoms with E-state index in [0.29, 0.717) is 0 Å². The van der Waals surface area contributed by atoms with Crippen molar-refractivity contribution in [3.05, 3.63) is 0 Å². The van der Waals surface area contributed by atoms with E-state index in [1.54, 1.807) is 0 Å². The summed E-state index contributed by atoms with van der Waals surface area (Å²) in [5.41, 5.74) is 0. The maximum absolute atomic E-state index is 10.2. The van der Waals surface area contributed by atoms with Crippen LogP contribution in [0.15, 0.2) is 0 Å². The van der Waals surface area contributed by atoms with Gasteiger partial charge in [-0.25, -0.2) is 0 Å². The van der Waals surface area contributed by atoms with Gasteiger partial charge in [0.25, 0.3) is 0 Å². The van der Waals surface area contributed by atoms with Gasteiger partial charge in [-0.3, -0.25) is 0 Å². The van der Waals surface area contributed by atoms with Crippen molar-refractivity contribution >= 4 is 20.5 Å². The Labute approximate surface area is 87.8 Å². The molecule has 2 nitrogen and oxygen atoms in total. The molecule has 0 spiro atoms. The Morgan fingerprint density at radius 3 is 2.15 bits per heavy atom. The molecule has 0 aliphatic carbocycles. The summed E-state index contributed by atoms with van der Waals surface area (Å²) in [4.78, 5) is 10.2. The van der Waals surface area contributed by atoms with Gasteiger partial charge in [0, 0.05) is 0 Å². The fourth-order valence-electron chi connectivity index (χ4n) is 1.28. The van der Waals surface area contributed by atoms with Crippen LogP contribution >= 0.6 is 0 Å². The molecule has 0 aliphatic heterocycles. The molecule has 1 atom stereocenters. The van der Waals surface area contributed by atoms with Crippen molar-refractivity contribution in [1.29, 1.82) is 0 Å². The summed E-state index contributed by atoms with van der Waals surface area (Å²) >= 11 is -0.669. The third-order valence-electron chi connectivity index (χ3n) is 2.06. The first kappa shape index (κ1) is 13.0. The van der Waals surface area contributed by atoms with Gasteiger partial charge in [0.2, 0.25) is 0 Å². The number of carboxylic acid groups (broad SMARTS) is 1. The first-order valence-electron chi connectivity index (χ1n) is 5.24. The normalized spacial score (nSPS) is 11.2. The molecule has 0 fully saturated rings. The van der Waals surface area contributed by atoms with Gasteiger partial charge in [0.15, 0.2) is 0 Å². The Morgan fingerprint density at radius 2 is 1.62 bits per heavy atom. The third-order valence-corrected chi connectivity index (χ3v) is 3.96. The summed E-state index contributed by atoms with van der Waals surface area (Å²) in [5.74, 6) is 0. The molecular formula is C10H21AsO2. The van der Waals surface area contributed by atoms with Crippen molar-refractivity contribution < 1.29 is 9.90 Å². The van der Waals surface area contributed by atoms with E-state index in [9.17, 15) is 4.79 Å².